The summed E-state index contributed by atoms with van der Waals surface area (Å²) in [6.45, 7) is 3.72. The topological polar surface area (TPSA) is 151 Å². The maximum Gasteiger partial charge on any atom is 0.352 e. The maximum atomic E-state index is 10.7. The Kier molecular flexibility index (Phi) is 12.2. The van der Waals surface area contributed by atoms with Crippen LogP contribution in [0.5, 0.6) is 0 Å². The van der Waals surface area contributed by atoms with Crippen molar-refractivity contribution in [2.45, 2.75) is 25.8 Å². The molecule has 1 unspecified atom stereocenters. The smallest absolute Gasteiger partial charge is 0.352 e. The van der Waals surface area contributed by atoms with Gasteiger partial charge in [0.1, 0.15) is 10.6 Å². The van der Waals surface area contributed by atoms with E-state index in [2.05, 4.69) is 54.0 Å². The van der Waals surface area contributed by atoms with Crippen LogP contribution in [0.3, 0.4) is 0 Å². The first-order chi connectivity index (χ1) is 19.2. The molecule has 1 atom stereocenters. The van der Waals surface area contributed by atoms with Gasteiger partial charge in [-0.3, -0.25) is 0 Å². The molecule has 0 spiro atoms. The zero-order valence-electron chi connectivity index (χ0n) is 21.5. The molecule has 6 rings (SSSR count). The summed E-state index contributed by atoms with van der Waals surface area (Å²) in [7, 11) is 0. The zero-order valence-corrected chi connectivity index (χ0v) is 25.5. The van der Waals surface area contributed by atoms with Crippen molar-refractivity contribution in [1.29, 1.82) is 0 Å². The van der Waals surface area contributed by atoms with E-state index in [1.165, 1.54) is 16.9 Å². The number of fused-ring (bicyclic) bond motifs is 2. The van der Waals surface area contributed by atoms with Gasteiger partial charge in [-0.25, -0.2) is 9.59 Å². The Balaban J connectivity index is 0.000000154. The molecule has 0 aliphatic carbocycles. The van der Waals surface area contributed by atoms with Crippen molar-refractivity contribution in [2.24, 2.45) is 5.73 Å². The molecule has 1 aliphatic rings. The lowest BCUT2D eigenvalue weighted by Crippen LogP contribution is -2.18. The van der Waals surface area contributed by atoms with Gasteiger partial charge in [0.05, 0.1) is 12.8 Å². The minimum absolute atomic E-state index is 0.216. The highest BCUT2D eigenvalue weighted by Gasteiger charge is 2.09. The van der Waals surface area contributed by atoms with Gasteiger partial charge in [-0.05, 0) is 66.3 Å². The first-order valence-electron chi connectivity index (χ1n) is 12.2. The lowest BCUT2D eigenvalue weighted by Gasteiger charge is -1.90. The van der Waals surface area contributed by atoms with Gasteiger partial charge in [0.2, 0.25) is 0 Å². The Bertz CT molecular complexity index is 1460. The van der Waals surface area contributed by atoms with Crippen molar-refractivity contribution >= 4 is 76.1 Å². The number of aromatic nitrogens is 3. The predicted molar refractivity (Wildman–Crippen MR) is 164 cm³/mol. The van der Waals surface area contributed by atoms with Crippen molar-refractivity contribution < 1.29 is 24.5 Å². The highest BCUT2D eigenvalue weighted by molar-refractivity contribution is 9.10. The fourth-order valence-electron chi connectivity index (χ4n) is 3.40. The molecule has 9 nitrogen and oxygen atoms in total. The second-order valence-corrected chi connectivity index (χ2v) is 11.5. The molecule has 12 heteroatoms. The van der Waals surface area contributed by atoms with Gasteiger partial charge < -0.3 is 25.7 Å². The summed E-state index contributed by atoms with van der Waals surface area (Å²) < 4.78 is 7.82. The number of benzene rings is 2. The first-order valence-corrected chi connectivity index (χ1v) is 14.6. The van der Waals surface area contributed by atoms with E-state index < -0.39 is 11.9 Å². The van der Waals surface area contributed by atoms with Crippen LogP contribution < -0.4 is 5.73 Å². The number of carbonyl (C=O) groups is 2. The van der Waals surface area contributed by atoms with Crippen LogP contribution in [0, 0.1) is 0 Å². The third kappa shape index (κ3) is 9.79. The number of aromatic amines is 1. The fraction of sp³-hybridized carbons (Fsp3) is 0.214. The largest absolute Gasteiger partial charge is 0.477 e. The van der Waals surface area contributed by atoms with Crippen LogP contribution in [0.1, 0.15) is 39.1 Å². The normalized spacial score (nSPS) is 13.8. The van der Waals surface area contributed by atoms with Crippen molar-refractivity contribution in [3.05, 3.63) is 92.1 Å². The molecule has 2 aromatic carbocycles. The molecule has 5 aromatic rings. The van der Waals surface area contributed by atoms with E-state index in [-0.39, 0.29) is 5.69 Å². The number of hydrogen-bond acceptors (Lipinski definition) is 7. The van der Waals surface area contributed by atoms with Gasteiger partial charge in [0, 0.05) is 43.4 Å². The van der Waals surface area contributed by atoms with Gasteiger partial charge in [-0.1, -0.05) is 50.9 Å². The monoisotopic (exact) mass is 690 g/mol. The Morgan fingerprint density at radius 1 is 1.02 bits per heavy atom. The van der Waals surface area contributed by atoms with E-state index in [0.717, 1.165) is 56.0 Å². The number of H-pyrrole nitrogens is 1. The minimum Gasteiger partial charge on any atom is -0.477 e. The van der Waals surface area contributed by atoms with E-state index in [0.29, 0.717) is 10.9 Å². The number of hydrogen-bond donors (Lipinski definition) is 4. The molecule has 1 saturated heterocycles. The van der Waals surface area contributed by atoms with E-state index in [1.807, 2.05) is 42.5 Å². The van der Waals surface area contributed by atoms with Crippen molar-refractivity contribution in [3.63, 3.8) is 0 Å². The maximum absolute atomic E-state index is 10.7. The molecule has 0 radical (unpaired) electrons. The minimum atomic E-state index is -0.938. The molecular formula is C28H28Br2N4O5S. The summed E-state index contributed by atoms with van der Waals surface area (Å²) in [5.74, 6) is -1.80. The molecule has 0 saturated carbocycles. The number of rotatable bonds is 3. The van der Waals surface area contributed by atoms with Gasteiger partial charge >= 0.3 is 11.9 Å². The van der Waals surface area contributed by atoms with E-state index in [9.17, 15) is 9.59 Å². The molecule has 3 aromatic heterocycles. The third-order valence-corrected chi connectivity index (χ3v) is 7.60. The van der Waals surface area contributed by atoms with Crippen molar-refractivity contribution in [2.75, 3.05) is 13.2 Å². The van der Waals surface area contributed by atoms with Gasteiger partial charge in [-0.2, -0.15) is 10.2 Å². The fourth-order valence-corrected chi connectivity index (χ4v) is 5.22. The first kappa shape index (κ1) is 31.4. The Morgan fingerprint density at radius 2 is 1.75 bits per heavy atom. The summed E-state index contributed by atoms with van der Waals surface area (Å²) in [6.07, 6.45) is 5.56. The molecule has 40 heavy (non-hydrogen) atoms. The Morgan fingerprint density at radius 3 is 2.27 bits per heavy atom. The number of nitrogens with one attached hydrogen (secondary N) is 1. The molecule has 4 heterocycles. The van der Waals surface area contributed by atoms with Gasteiger partial charge in [-0.15, -0.1) is 11.3 Å². The molecule has 5 N–H and O–H groups in total. The average molecular weight is 692 g/mol. The van der Waals surface area contributed by atoms with Crippen LogP contribution in [-0.4, -0.2) is 56.6 Å². The molecule has 0 bridgehead atoms. The van der Waals surface area contributed by atoms with Crippen LogP contribution in [0.25, 0.3) is 21.0 Å². The lowest BCUT2D eigenvalue weighted by molar-refractivity contribution is 0.0685. The van der Waals surface area contributed by atoms with Crippen molar-refractivity contribution in [1.82, 2.24) is 15.2 Å². The quantitative estimate of drug-likeness (QED) is 0.162. The van der Waals surface area contributed by atoms with Crippen LogP contribution in [0.4, 0.5) is 0 Å². The van der Waals surface area contributed by atoms with E-state index >= 15 is 0 Å². The van der Waals surface area contributed by atoms with Crippen LogP contribution in [-0.2, 0) is 11.2 Å². The summed E-state index contributed by atoms with van der Waals surface area (Å²) in [5, 5.41) is 26.7. The summed E-state index contributed by atoms with van der Waals surface area (Å²) in [5.41, 5.74) is 7.69. The number of halogens is 2. The number of aryl methyl sites for hydroxylation is 1. The number of carboxylic acid groups (broad SMARTS) is 2. The molecule has 1 aliphatic heterocycles. The van der Waals surface area contributed by atoms with E-state index in [4.69, 9.17) is 20.7 Å². The number of ether oxygens (including phenoxy) is 1. The molecule has 210 valence electrons. The molecule has 0 amide bonds. The molecular weight excluding hydrogens is 664 g/mol. The third-order valence-electron chi connectivity index (χ3n) is 5.53. The second kappa shape index (κ2) is 15.6. The summed E-state index contributed by atoms with van der Waals surface area (Å²) >= 11 is 7.94. The predicted octanol–water partition coefficient (Wildman–Crippen LogP) is 6.76. The van der Waals surface area contributed by atoms with Crippen molar-refractivity contribution in [3.8, 4) is 0 Å². The van der Waals surface area contributed by atoms with Gasteiger partial charge in [0.25, 0.3) is 0 Å². The number of thiophene rings is 1. The highest BCUT2D eigenvalue weighted by Crippen LogP contribution is 2.28. The standard InChI is InChI=1S/C9H6BrNO2.C9H5BrO2S.C6H8N2.C4H9NO/c10-6-2-1-5-3-8(9(12)13)11-7(5)4-6;10-6-2-1-5-3-8(9(11)12)13-7(5)4-6;1-2-6-3-4-7-8-5-6;5-4-1-2-6-3-4/h1-4,11H,(H,12,13);1-4H,(H,11,12);3-5H,2H2,1H3;4H,1-3,5H2. The van der Waals surface area contributed by atoms with Gasteiger partial charge in [0.15, 0.2) is 0 Å². The summed E-state index contributed by atoms with van der Waals surface area (Å²) in [6, 6.07) is 16.9. The summed E-state index contributed by atoms with van der Waals surface area (Å²) in [4.78, 5) is 24.5. The average Bonchev–Trinajstić information content (AvgIpc) is 3.69. The lowest BCUT2D eigenvalue weighted by atomic mass is 10.2. The SMILES string of the molecule is CCc1ccnnc1.NC1CCOC1.O=C(O)c1cc2ccc(Br)cc2[nH]1.O=C(O)c1cc2ccc(Br)cc2s1. The number of carboxylic acids is 2. The van der Waals surface area contributed by atoms with E-state index in [1.54, 1.807) is 24.5 Å². The van der Waals surface area contributed by atoms with Crippen LogP contribution in [0.15, 0.2) is 75.9 Å². The number of aromatic carboxylic acids is 2. The van der Waals surface area contributed by atoms with Crippen LogP contribution in [0.2, 0.25) is 0 Å². The Labute approximate surface area is 251 Å². The number of nitrogens with two attached hydrogens (primary N) is 1. The Hall–Kier alpha value is -3.16. The zero-order chi connectivity index (χ0) is 29.1. The second-order valence-electron chi connectivity index (χ2n) is 8.55. The van der Waals surface area contributed by atoms with Crippen LogP contribution >= 0.6 is 43.2 Å². The molecule has 1 fully saturated rings. The highest BCUT2D eigenvalue weighted by atomic mass is 79.9. The number of nitrogens with zero attached hydrogens (tertiary/aromatic N) is 2.